The SMILES string of the molecule is CNCc1ccnc(-c2[c-]cc(OC)cc2CO)c1.[Ir]. The predicted molar refractivity (Wildman–Crippen MR) is 73.7 cm³/mol. The van der Waals surface area contributed by atoms with Gasteiger partial charge in [-0.1, -0.05) is 17.7 Å². The van der Waals surface area contributed by atoms with Crippen LogP contribution >= 0.6 is 0 Å². The Morgan fingerprint density at radius 3 is 2.85 bits per heavy atom. The van der Waals surface area contributed by atoms with Crippen LogP contribution in [-0.2, 0) is 33.3 Å². The van der Waals surface area contributed by atoms with Gasteiger partial charge in [-0.3, -0.25) is 0 Å². The van der Waals surface area contributed by atoms with E-state index in [1.165, 1.54) is 0 Å². The molecule has 2 aromatic rings. The molecule has 20 heavy (non-hydrogen) atoms. The molecule has 2 rings (SSSR count). The van der Waals surface area contributed by atoms with Crippen LogP contribution in [-0.4, -0.2) is 24.2 Å². The summed E-state index contributed by atoms with van der Waals surface area (Å²) in [6, 6.07) is 10.6. The number of benzene rings is 1. The fourth-order valence-corrected chi connectivity index (χ4v) is 1.93. The Morgan fingerprint density at radius 2 is 2.20 bits per heavy atom. The molecule has 5 heteroatoms. The van der Waals surface area contributed by atoms with Gasteiger partial charge in [-0.25, -0.2) is 0 Å². The molecule has 0 saturated carbocycles. The van der Waals surface area contributed by atoms with Gasteiger partial charge in [0, 0.05) is 45.2 Å². The van der Waals surface area contributed by atoms with Gasteiger partial charge in [0.15, 0.2) is 0 Å². The maximum atomic E-state index is 9.46. The predicted octanol–water partition coefficient (Wildman–Crippen LogP) is 1.77. The molecule has 0 aliphatic rings. The summed E-state index contributed by atoms with van der Waals surface area (Å²) in [6.07, 6.45) is 1.77. The Kier molecular flexibility index (Phi) is 6.82. The van der Waals surface area contributed by atoms with E-state index in [9.17, 15) is 5.11 Å². The van der Waals surface area contributed by atoms with Crippen molar-refractivity contribution in [2.45, 2.75) is 13.2 Å². The second kappa shape index (κ2) is 8.12. The van der Waals surface area contributed by atoms with Gasteiger partial charge in [0.1, 0.15) is 0 Å². The molecule has 2 N–H and O–H groups in total. The minimum Gasteiger partial charge on any atom is -0.540 e. The summed E-state index contributed by atoms with van der Waals surface area (Å²) in [5, 5.41) is 12.6. The first-order valence-corrected chi connectivity index (χ1v) is 6.08. The van der Waals surface area contributed by atoms with Crippen LogP contribution in [0.2, 0.25) is 0 Å². The minimum absolute atomic E-state index is 0. The number of ether oxygens (including phenoxy) is 1. The van der Waals surface area contributed by atoms with Gasteiger partial charge in [-0.05, 0) is 24.4 Å². The molecule has 0 atom stereocenters. The fraction of sp³-hybridized carbons (Fsp3) is 0.267. The summed E-state index contributed by atoms with van der Waals surface area (Å²) in [5.41, 5.74) is 3.51. The first-order valence-electron chi connectivity index (χ1n) is 6.08. The molecule has 0 aliphatic heterocycles. The van der Waals surface area contributed by atoms with Gasteiger partial charge < -0.3 is 20.1 Å². The molecule has 1 aromatic carbocycles. The molecule has 0 aliphatic carbocycles. The van der Waals surface area contributed by atoms with Crippen LogP contribution in [0.25, 0.3) is 11.3 Å². The van der Waals surface area contributed by atoms with Gasteiger partial charge in [-0.15, -0.1) is 17.7 Å². The number of pyridine rings is 1. The van der Waals surface area contributed by atoms with Crippen molar-refractivity contribution >= 4 is 0 Å². The van der Waals surface area contributed by atoms with Crippen LogP contribution < -0.4 is 10.1 Å². The van der Waals surface area contributed by atoms with Crippen molar-refractivity contribution in [1.82, 2.24) is 10.3 Å². The van der Waals surface area contributed by atoms with Gasteiger partial charge >= 0.3 is 0 Å². The van der Waals surface area contributed by atoms with E-state index >= 15 is 0 Å². The van der Waals surface area contributed by atoms with E-state index in [1.54, 1.807) is 25.4 Å². The van der Waals surface area contributed by atoms with E-state index in [1.807, 2.05) is 19.2 Å². The van der Waals surface area contributed by atoms with E-state index < -0.39 is 0 Å². The van der Waals surface area contributed by atoms with Crippen molar-refractivity contribution in [3.63, 3.8) is 0 Å². The van der Waals surface area contributed by atoms with Crippen molar-refractivity contribution in [2.24, 2.45) is 0 Å². The fourth-order valence-electron chi connectivity index (χ4n) is 1.93. The summed E-state index contributed by atoms with van der Waals surface area (Å²) >= 11 is 0. The molecule has 1 aromatic heterocycles. The Labute approximate surface area is 132 Å². The Bertz CT molecular complexity index is 561. The summed E-state index contributed by atoms with van der Waals surface area (Å²) in [4.78, 5) is 4.35. The van der Waals surface area contributed by atoms with Crippen molar-refractivity contribution in [2.75, 3.05) is 14.2 Å². The van der Waals surface area contributed by atoms with Crippen LogP contribution in [0.1, 0.15) is 11.1 Å². The maximum absolute atomic E-state index is 9.46. The normalized spacial score (nSPS) is 9.95. The third kappa shape index (κ3) is 3.87. The van der Waals surface area contributed by atoms with E-state index in [2.05, 4.69) is 16.4 Å². The van der Waals surface area contributed by atoms with Gasteiger partial charge in [0.2, 0.25) is 0 Å². The van der Waals surface area contributed by atoms with Gasteiger partial charge in [0.05, 0.1) is 7.11 Å². The van der Waals surface area contributed by atoms with Gasteiger partial charge in [-0.2, -0.15) is 0 Å². The quantitative estimate of drug-likeness (QED) is 0.684. The van der Waals surface area contributed by atoms with E-state index in [0.717, 1.165) is 28.9 Å². The topological polar surface area (TPSA) is 54.4 Å². The van der Waals surface area contributed by atoms with Crippen LogP contribution in [0.3, 0.4) is 0 Å². The average molecular weight is 450 g/mol. The van der Waals surface area contributed by atoms with Crippen LogP contribution in [0, 0.1) is 6.07 Å². The number of methoxy groups -OCH3 is 1. The van der Waals surface area contributed by atoms with E-state index in [0.29, 0.717) is 5.75 Å². The molecule has 0 bridgehead atoms. The molecule has 0 fully saturated rings. The minimum atomic E-state index is -0.0685. The smallest absolute Gasteiger partial charge is 0.0647 e. The molecular formula is C15H17IrN2O2-. The maximum Gasteiger partial charge on any atom is 0.0647 e. The zero-order valence-corrected chi connectivity index (χ0v) is 13.8. The van der Waals surface area contributed by atoms with Crippen molar-refractivity contribution in [3.05, 3.63) is 47.7 Å². The van der Waals surface area contributed by atoms with E-state index in [-0.39, 0.29) is 26.7 Å². The first kappa shape index (κ1) is 16.8. The number of nitrogens with one attached hydrogen (secondary N) is 1. The van der Waals surface area contributed by atoms with Crippen LogP contribution in [0.5, 0.6) is 5.75 Å². The number of nitrogens with zero attached hydrogens (tertiary/aromatic N) is 1. The zero-order chi connectivity index (χ0) is 13.7. The van der Waals surface area contributed by atoms with Crippen molar-refractivity contribution < 1.29 is 29.9 Å². The van der Waals surface area contributed by atoms with Crippen LogP contribution in [0.4, 0.5) is 0 Å². The zero-order valence-electron chi connectivity index (χ0n) is 11.4. The third-order valence-electron chi connectivity index (χ3n) is 2.86. The van der Waals surface area contributed by atoms with E-state index in [4.69, 9.17) is 4.74 Å². The molecule has 109 valence electrons. The summed E-state index contributed by atoms with van der Waals surface area (Å²) in [6.45, 7) is 0.709. The largest absolute Gasteiger partial charge is 0.540 e. The number of aliphatic hydroxyl groups is 1. The number of hydrogen-bond acceptors (Lipinski definition) is 4. The number of hydrogen-bond donors (Lipinski definition) is 2. The molecule has 0 amide bonds. The Balaban J connectivity index is 0.00000200. The summed E-state index contributed by atoms with van der Waals surface area (Å²) < 4.78 is 5.14. The summed E-state index contributed by atoms with van der Waals surface area (Å²) in [5.74, 6) is 0.680. The van der Waals surface area contributed by atoms with Crippen LogP contribution in [0.15, 0.2) is 30.5 Å². The molecule has 1 radical (unpaired) electrons. The average Bonchev–Trinajstić information content (AvgIpc) is 2.47. The third-order valence-corrected chi connectivity index (χ3v) is 2.86. The second-order valence-electron chi connectivity index (χ2n) is 4.18. The number of aromatic nitrogens is 1. The van der Waals surface area contributed by atoms with Crippen molar-refractivity contribution in [1.29, 1.82) is 0 Å². The number of rotatable bonds is 5. The second-order valence-corrected chi connectivity index (χ2v) is 4.18. The summed E-state index contributed by atoms with van der Waals surface area (Å²) in [7, 11) is 3.49. The standard InChI is InChI=1S/C15H17N2O2.Ir/c1-16-9-11-5-6-17-15(7-11)14-4-3-13(19-2)8-12(14)10-18;/h3,5-8,16,18H,9-10H2,1-2H3;/q-1;. The molecule has 4 nitrogen and oxygen atoms in total. The van der Waals surface area contributed by atoms with Gasteiger partial charge in [0.25, 0.3) is 0 Å². The Morgan fingerprint density at radius 1 is 1.40 bits per heavy atom. The monoisotopic (exact) mass is 450 g/mol. The van der Waals surface area contributed by atoms with Crippen molar-refractivity contribution in [3.8, 4) is 17.0 Å². The molecule has 0 saturated heterocycles. The molecular weight excluding hydrogens is 432 g/mol. The molecule has 1 heterocycles. The Hall–Kier alpha value is -1.26. The molecule has 0 unspecified atom stereocenters. The number of aliphatic hydroxyl groups excluding tert-OH is 1. The first-order chi connectivity index (χ1) is 9.28. The molecule has 0 spiro atoms.